The number of benzene rings is 1. The van der Waals surface area contributed by atoms with Crippen molar-refractivity contribution in [2.24, 2.45) is 0 Å². The van der Waals surface area contributed by atoms with E-state index in [0.29, 0.717) is 16.3 Å². The van der Waals surface area contributed by atoms with E-state index in [0.717, 1.165) is 5.56 Å². The van der Waals surface area contributed by atoms with Crippen LogP contribution in [-0.4, -0.2) is 35.9 Å². The van der Waals surface area contributed by atoms with Gasteiger partial charge in [-0.3, -0.25) is 0 Å². The maximum Gasteiger partial charge on any atom is 0.177 e. The summed E-state index contributed by atoms with van der Waals surface area (Å²) in [5.74, 6) is 0.691. The zero-order valence-electron chi connectivity index (χ0n) is 10.2. The molecule has 0 saturated carbocycles. The molecule has 0 unspecified atom stereocenters. The Morgan fingerprint density at radius 1 is 1.25 bits per heavy atom. The molecule has 0 heterocycles. The summed E-state index contributed by atoms with van der Waals surface area (Å²) in [5, 5.41) is 0. The van der Waals surface area contributed by atoms with Gasteiger partial charge in [-0.15, -0.1) is 0 Å². The number of hydrogen-bond donors (Lipinski definition) is 0. The molecule has 0 bridgehead atoms. The van der Waals surface area contributed by atoms with Crippen LogP contribution < -0.4 is 9.64 Å². The number of nitrogens with zero attached hydrogens (tertiary/aromatic N) is 1. The van der Waals surface area contributed by atoms with E-state index in [1.807, 2.05) is 6.92 Å². The lowest BCUT2D eigenvalue weighted by atomic mass is 10.2. The van der Waals surface area contributed by atoms with Gasteiger partial charge in [-0.05, 0) is 18.6 Å². The number of methoxy groups -OCH3 is 1. The van der Waals surface area contributed by atoms with Gasteiger partial charge < -0.3 is 9.64 Å². The quantitative estimate of drug-likeness (QED) is 0.806. The molecule has 1 aromatic rings. The molecule has 0 amide bonds. The first kappa shape index (κ1) is 12.8. The van der Waals surface area contributed by atoms with Crippen LogP contribution in [0.1, 0.15) is 5.56 Å². The van der Waals surface area contributed by atoms with Crippen LogP contribution >= 0.6 is 0 Å². The summed E-state index contributed by atoms with van der Waals surface area (Å²) in [5.41, 5.74) is 1.46. The summed E-state index contributed by atoms with van der Waals surface area (Å²) in [6.07, 6.45) is 1.21. The van der Waals surface area contributed by atoms with Gasteiger partial charge in [0.05, 0.1) is 17.7 Å². The first-order valence-corrected chi connectivity index (χ1v) is 6.72. The number of rotatable bonds is 3. The highest BCUT2D eigenvalue weighted by Crippen LogP contribution is 2.31. The van der Waals surface area contributed by atoms with Gasteiger partial charge in [0.2, 0.25) is 0 Å². The molecule has 0 atom stereocenters. The van der Waals surface area contributed by atoms with Crippen molar-refractivity contribution in [2.45, 2.75) is 11.8 Å². The molecule has 0 saturated heterocycles. The van der Waals surface area contributed by atoms with Gasteiger partial charge in [0.15, 0.2) is 9.84 Å². The largest absolute Gasteiger partial charge is 0.496 e. The van der Waals surface area contributed by atoms with Crippen LogP contribution in [-0.2, 0) is 9.84 Å². The molecule has 4 nitrogen and oxygen atoms in total. The Balaban J connectivity index is 3.55. The van der Waals surface area contributed by atoms with Gasteiger partial charge in [0, 0.05) is 26.4 Å². The van der Waals surface area contributed by atoms with Crippen molar-refractivity contribution in [3.63, 3.8) is 0 Å². The highest BCUT2D eigenvalue weighted by Gasteiger charge is 2.17. The van der Waals surface area contributed by atoms with Crippen LogP contribution in [0.3, 0.4) is 0 Å². The standard InChI is InChI=1S/C11H17NO3S/c1-8-6-11(16(5,13)14)9(12(2)3)7-10(8)15-4/h6-7H,1-5H3. The molecule has 0 aromatic heterocycles. The molecule has 0 radical (unpaired) electrons. The summed E-state index contributed by atoms with van der Waals surface area (Å²) >= 11 is 0. The van der Waals surface area contributed by atoms with Crippen molar-refractivity contribution in [3.8, 4) is 5.75 Å². The van der Waals surface area contributed by atoms with Crippen molar-refractivity contribution < 1.29 is 13.2 Å². The highest BCUT2D eigenvalue weighted by molar-refractivity contribution is 7.90. The summed E-state index contributed by atoms with van der Waals surface area (Å²) in [6, 6.07) is 3.38. The summed E-state index contributed by atoms with van der Waals surface area (Å²) in [6.45, 7) is 1.83. The molecule has 5 heteroatoms. The van der Waals surface area contributed by atoms with E-state index in [1.165, 1.54) is 6.26 Å². The second-order valence-corrected chi connectivity index (χ2v) is 5.94. The van der Waals surface area contributed by atoms with E-state index in [1.54, 1.807) is 38.2 Å². The van der Waals surface area contributed by atoms with Gasteiger partial charge in [-0.25, -0.2) is 8.42 Å². The van der Waals surface area contributed by atoms with Crippen LogP contribution in [0.15, 0.2) is 17.0 Å². The van der Waals surface area contributed by atoms with Gasteiger partial charge >= 0.3 is 0 Å². The summed E-state index contributed by atoms with van der Waals surface area (Å²) in [4.78, 5) is 2.09. The van der Waals surface area contributed by atoms with Gasteiger partial charge in [0.25, 0.3) is 0 Å². The fourth-order valence-corrected chi connectivity index (χ4v) is 2.53. The van der Waals surface area contributed by atoms with Crippen molar-refractivity contribution in [2.75, 3.05) is 32.4 Å². The lowest BCUT2D eigenvalue weighted by Gasteiger charge is -2.18. The zero-order chi connectivity index (χ0) is 12.5. The van der Waals surface area contributed by atoms with E-state index < -0.39 is 9.84 Å². The zero-order valence-corrected chi connectivity index (χ0v) is 11.1. The molecule has 0 aliphatic carbocycles. The second-order valence-electron chi connectivity index (χ2n) is 3.96. The van der Waals surface area contributed by atoms with Crippen molar-refractivity contribution >= 4 is 15.5 Å². The lowest BCUT2D eigenvalue weighted by Crippen LogP contribution is -2.14. The van der Waals surface area contributed by atoms with Crippen LogP contribution in [0.5, 0.6) is 5.75 Å². The molecule has 0 fully saturated rings. The Morgan fingerprint density at radius 2 is 1.81 bits per heavy atom. The van der Waals surface area contributed by atoms with Crippen LogP contribution in [0.25, 0.3) is 0 Å². The van der Waals surface area contributed by atoms with Gasteiger partial charge in [-0.1, -0.05) is 0 Å². The first-order valence-electron chi connectivity index (χ1n) is 4.83. The Bertz CT molecular complexity index is 492. The van der Waals surface area contributed by atoms with Gasteiger partial charge in [-0.2, -0.15) is 0 Å². The van der Waals surface area contributed by atoms with Crippen LogP contribution in [0, 0.1) is 6.92 Å². The van der Waals surface area contributed by atoms with Crippen molar-refractivity contribution in [3.05, 3.63) is 17.7 Å². The minimum absolute atomic E-state index is 0.329. The molecule has 16 heavy (non-hydrogen) atoms. The summed E-state index contributed by atoms with van der Waals surface area (Å²) in [7, 11) is 1.96. The van der Waals surface area contributed by atoms with E-state index in [4.69, 9.17) is 4.74 Å². The monoisotopic (exact) mass is 243 g/mol. The molecule has 0 aliphatic heterocycles. The van der Waals surface area contributed by atoms with Crippen molar-refractivity contribution in [1.29, 1.82) is 0 Å². The molecule has 0 aliphatic rings. The third-order valence-electron chi connectivity index (χ3n) is 2.36. The fourth-order valence-electron chi connectivity index (χ4n) is 1.52. The average Bonchev–Trinajstić information content (AvgIpc) is 2.15. The molecule has 90 valence electrons. The fraction of sp³-hybridized carbons (Fsp3) is 0.455. The smallest absolute Gasteiger partial charge is 0.177 e. The van der Waals surface area contributed by atoms with Gasteiger partial charge in [0.1, 0.15) is 5.75 Å². The van der Waals surface area contributed by atoms with Crippen molar-refractivity contribution in [1.82, 2.24) is 0 Å². The number of aryl methyl sites for hydroxylation is 1. The van der Waals surface area contributed by atoms with E-state index in [2.05, 4.69) is 0 Å². The lowest BCUT2D eigenvalue weighted by molar-refractivity contribution is 0.411. The molecular weight excluding hydrogens is 226 g/mol. The SMILES string of the molecule is COc1cc(N(C)C)c(S(C)(=O)=O)cc1C. The number of anilines is 1. The Kier molecular flexibility index (Phi) is 3.48. The summed E-state index contributed by atoms with van der Waals surface area (Å²) < 4.78 is 28.5. The number of sulfone groups is 1. The Hall–Kier alpha value is -1.23. The minimum atomic E-state index is -3.22. The van der Waals surface area contributed by atoms with E-state index in [-0.39, 0.29) is 0 Å². The highest BCUT2D eigenvalue weighted by atomic mass is 32.2. The van der Waals surface area contributed by atoms with Crippen LogP contribution in [0.2, 0.25) is 0 Å². The maximum absolute atomic E-state index is 11.6. The molecule has 0 spiro atoms. The number of ether oxygens (including phenoxy) is 1. The molecule has 1 aromatic carbocycles. The van der Waals surface area contributed by atoms with Crippen LogP contribution in [0.4, 0.5) is 5.69 Å². The number of hydrogen-bond acceptors (Lipinski definition) is 4. The molecule has 1 rings (SSSR count). The maximum atomic E-state index is 11.6. The first-order chi connectivity index (χ1) is 7.27. The Morgan fingerprint density at radius 3 is 2.19 bits per heavy atom. The third kappa shape index (κ3) is 2.47. The Labute approximate surface area is 96.8 Å². The predicted octanol–water partition coefficient (Wildman–Crippen LogP) is 1.47. The topological polar surface area (TPSA) is 46.6 Å². The molecule has 0 N–H and O–H groups in total. The molecular formula is C11H17NO3S. The minimum Gasteiger partial charge on any atom is -0.496 e. The normalized spacial score (nSPS) is 11.3. The van der Waals surface area contributed by atoms with E-state index >= 15 is 0 Å². The van der Waals surface area contributed by atoms with E-state index in [9.17, 15) is 8.42 Å². The third-order valence-corrected chi connectivity index (χ3v) is 3.48. The average molecular weight is 243 g/mol. The predicted molar refractivity (Wildman–Crippen MR) is 65.2 cm³/mol. The second kappa shape index (κ2) is 4.33.